The first-order chi connectivity index (χ1) is 15.9. The predicted molar refractivity (Wildman–Crippen MR) is 125 cm³/mol. The fraction of sp³-hybridized carbons (Fsp3) is 0.571. The van der Waals surface area contributed by atoms with Gasteiger partial charge in [-0.3, -0.25) is 9.59 Å². The lowest BCUT2D eigenvalue weighted by atomic mass is 9.60. The number of rotatable bonds is 4. The van der Waals surface area contributed by atoms with Crippen LogP contribution >= 0.6 is 0 Å². The van der Waals surface area contributed by atoms with E-state index in [1.807, 2.05) is 43.3 Å². The molecule has 0 bridgehead atoms. The number of aliphatic hydroxyl groups is 3. The SMILES string of the molecule is CC1=C[C@H]2[C@@]3(O)[C@H](C)C[C@]4(OC(=O)Cc5ccccc5)[C@@H]([C@@H]3C=C(CO)C[C@]2(O)C1=O)C4(C)C. The van der Waals surface area contributed by atoms with Gasteiger partial charge in [-0.25, -0.2) is 0 Å². The normalized spacial score (nSPS) is 41.9. The molecule has 1 aromatic rings. The average molecular weight is 467 g/mol. The molecule has 0 heterocycles. The van der Waals surface area contributed by atoms with Crippen molar-refractivity contribution in [3.63, 3.8) is 0 Å². The summed E-state index contributed by atoms with van der Waals surface area (Å²) in [5, 5.41) is 33.9. The van der Waals surface area contributed by atoms with E-state index in [2.05, 4.69) is 13.8 Å². The summed E-state index contributed by atoms with van der Waals surface area (Å²) in [5.74, 6) is -2.52. The van der Waals surface area contributed by atoms with Gasteiger partial charge in [0, 0.05) is 29.6 Å². The molecular weight excluding hydrogens is 432 g/mol. The first kappa shape index (κ1) is 23.5. The predicted octanol–water partition coefficient (Wildman–Crippen LogP) is 2.75. The number of benzene rings is 1. The molecule has 0 aliphatic heterocycles. The van der Waals surface area contributed by atoms with Gasteiger partial charge in [0.15, 0.2) is 5.78 Å². The highest BCUT2D eigenvalue weighted by atomic mass is 16.6. The van der Waals surface area contributed by atoms with Gasteiger partial charge in [0.25, 0.3) is 0 Å². The van der Waals surface area contributed by atoms with E-state index in [-0.39, 0.29) is 43.0 Å². The minimum atomic E-state index is -1.78. The van der Waals surface area contributed by atoms with Crippen molar-refractivity contribution in [2.45, 2.75) is 63.8 Å². The van der Waals surface area contributed by atoms with Crippen LogP contribution in [0.3, 0.4) is 0 Å². The Bertz CT molecular complexity index is 1100. The van der Waals surface area contributed by atoms with Gasteiger partial charge in [0.2, 0.25) is 0 Å². The molecule has 7 atom stereocenters. The van der Waals surface area contributed by atoms with Gasteiger partial charge >= 0.3 is 5.97 Å². The number of ketones is 1. The molecule has 0 aromatic heterocycles. The molecule has 182 valence electrons. The van der Waals surface area contributed by atoms with Crippen molar-refractivity contribution in [2.24, 2.45) is 29.1 Å². The van der Waals surface area contributed by atoms with Gasteiger partial charge in [-0.15, -0.1) is 0 Å². The van der Waals surface area contributed by atoms with Gasteiger partial charge in [0.05, 0.1) is 18.6 Å². The van der Waals surface area contributed by atoms with Crippen molar-refractivity contribution >= 4 is 11.8 Å². The van der Waals surface area contributed by atoms with E-state index in [0.717, 1.165) is 5.56 Å². The van der Waals surface area contributed by atoms with E-state index in [9.17, 15) is 24.9 Å². The lowest BCUT2D eigenvalue weighted by molar-refractivity contribution is -0.186. The third kappa shape index (κ3) is 2.91. The van der Waals surface area contributed by atoms with Crippen LogP contribution in [0.15, 0.2) is 53.6 Å². The topological polar surface area (TPSA) is 104 Å². The van der Waals surface area contributed by atoms with Crippen LogP contribution in [-0.2, 0) is 20.7 Å². The van der Waals surface area contributed by atoms with Crippen LogP contribution in [0, 0.1) is 29.1 Å². The van der Waals surface area contributed by atoms with Gasteiger partial charge in [0.1, 0.15) is 11.2 Å². The first-order valence-electron chi connectivity index (χ1n) is 12.2. The highest BCUT2D eigenvalue weighted by molar-refractivity contribution is 6.04. The molecule has 0 unspecified atom stereocenters. The molecule has 3 N–H and O–H groups in total. The van der Waals surface area contributed by atoms with Crippen molar-refractivity contribution in [2.75, 3.05) is 6.61 Å². The standard InChI is InChI=1S/C28H34O6/c1-16-10-21-26(32,24(16)31)14-19(15-29)11-20-23-25(3,4)27(23,13-17(2)28(20,21)33)34-22(30)12-18-8-6-5-7-9-18/h5-11,17,20-21,23,29,32-33H,12-15H2,1-4H3/t17-,20+,21-,23+,26-,27+,28-/m1/s1. The van der Waals surface area contributed by atoms with Crippen LogP contribution in [-0.4, -0.2) is 50.5 Å². The Balaban J connectivity index is 1.54. The van der Waals surface area contributed by atoms with E-state index in [0.29, 0.717) is 17.6 Å². The molecule has 0 amide bonds. The molecule has 4 aliphatic carbocycles. The Labute approximate surface area is 200 Å². The quantitative estimate of drug-likeness (QED) is 0.466. The smallest absolute Gasteiger partial charge is 0.310 e. The Morgan fingerprint density at radius 2 is 1.82 bits per heavy atom. The van der Waals surface area contributed by atoms with Crippen LogP contribution in [0.5, 0.6) is 0 Å². The van der Waals surface area contributed by atoms with Crippen LogP contribution in [0.25, 0.3) is 0 Å². The van der Waals surface area contributed by atoms with Gasteiger partial charge in [-0.2, -0.15) is 0 Å². The Kier molecular flexibility index (Phi) is 5.08. The van der Waals surface area contributed by atoms with Crippen LogP contribution < -0.4 is 0 Å². The van der Waals surface area contributed by atoms with E-state index in [1.165, 1.54) is 0 Å². The van der Waals surface area contributed by atoms with Crippen molar-refractivity contribution < 1.29 is 29.6 Å². The molecule has 6 heteroatoms. The number of aliphatic hydroxyl groups excluding tert-OH is 1. The van der Waals surface area contributed by atoms with Crippen molar-refractivity contribution in [1.82, 2.24) is 0 Å². The number of hydrogen-bond acceptors (Lipinski definition) is 6. The molecule has 1 aromatic carbocycles. The molecule has 2 fully saturated rings. The van der Waals surface area contributed by atoms with E-state index in [4.69, 9.17) is 4.74 Å². The Morgan fingerprint density at radius 1 is 1.15 bits per heavy atom. The Hall–Kier alpha value is -2.28. The molecule has 0 radical (unpaired) electrons. The number of esters is 1. The second-order valence-electron chi connectivity index (χ2n) is 11.5. The fourth-order valence-corrected chi connectivity index (χ4v) is 7.60. The third-order valence-corrected chi connectivity index (χ3v) is 9.36. The number of carbonyl (C=O) groups excluding carboxylic acids is 2. The number of ether oxygens (including phenoxy) is 1. The van der Waals surface area contributed by atoms with E-state index in [1.54, 1.807) is 13.0 Å². The monoisotopic (exact) mass is 466 g/mol. The average Bonchev–Trinajstić information content (AvgIpc) is 3.18. The second kappa shape index (κ2) is 7.36. The summed E-state index contributed by atoms with van der Waals surface area (Å²) in [7, 11) is 0. The minimum Gasteiger partial charge on any atom is -0.458 e. The summed E-state index contributed by atoms with van der Waals surface area (Å²) >= 11 is 0. The zero-order chi connectivity index (χ0) is 24.7. The maximum Gasteiger partial charge on any atom is 0.310 e. The van der Waals surface area contributed by atoms with Crippen LogP contribution in [0.1, 0.15) is 46.1 Å². The zero-order valence-electron chi connectivity index (χ0n) is 20.2. The number of hydrogen-bond donors (Lipinski definition) is 3. The Morgan fingerprint density at radius 3 is 2.47 bits per heavy atom. The molecule has 6 nitrogen and oxygen atoms in total. The lowest BCUT2D eigenvalue weighted by Crippen LogP contribution is -2.61. The molecule has 34 heavy (non-hydrogen) atoms. The number of Topliss-reactive ketones (excluding diaryl/α,β-unsaturated/α-hetero) is 1. The summed E-state index contributed by atoms with van der Waals surface area (Å²) in [5.41, 5.74) is -2.50. The van der Waals surface area contributed by atoms with Gasteiger partial charge in [-0.1, -0.05) is 63.3 Å². The summed E-state index contributed by atoms with van der Waals surface area (Å²) in [6, 6.07) is 9.47. The summed E-state index contributed by atoms with van der Waals surface area (Å²) < 4.78 is 6.24. The summed E-state index contributed by atoms with van der Waals surface area (Å²) in [6.45, 7) is 7.37. The van der Waals surface area contributed by atoms with Gasteiger partial charge < -0.3 is 20.1 Å². The highest BCUT2D eigenvalue weighted by Crippen LogP contribution is 2.76. The summed E-state index contributed by atoms with van der Waals surface area (Å²) in [6.07, 6.45) is 4.16. The zero-order valence-corrected chi connectivity index (χ0v) is 20.2. The largest absolute Gasteiger partial charge is 0.458 e. The van der Waals surface area contributed by atoms with Crippen molar-refractivity contribution in [1.29, 1.82) is 0 Å². The third-order valence-electron chi connectivity index (χ3n) is 9.36. The molecule has 5 rings (SSSR count). The molecule has 4 aliphatic rings. The maximum absolute atomic E-state index is 13.0. The molecule has 0 saturated heterocycles. The first-order valence-corrected chi connectivity index (χ1v) is 12.2. The van der Waals surface area contributed by atoms with Crippen molar-refractivity contribution in [3.05, 3.63) is 59.2 Å². The van der Waals surface area contributed by atoms with Crippen LogP contribution in [0.2, 0.25) is 0 Å². The van der Waals surface area contributed by atoms with Crippen molar-refractivity contribution in [3.8, 4) is 0 Å². The highest BCUT2D eigenvalue weighted by Gasteiger charge is 2.83. The number of carbonyl (C=O) groups is 2. The summed E-state index contributed by atoms with van der Waals surface area (Å²) in [4.78, 5) is 26.0. The van der Waals surface area contributed by atoms with E-state index >= 15 is 0 Å². The van der Waals surface area contributed by atoms with Gasteiger partial charge in [-0.05, 0) is 36.0 Å². The molecule has 0 spiro atoms. The molecular formula is C28H34O6. The minimum absolute atomic E-state index is 0.0136. The molecule has 2 saturated carbocycles. The van der Waals surface area contributed by atoms with Crippen LogP contribution in [0.4, 0.5) is 0 Å². The number of fused-ring (bicyclic) bond motifs is 5. The second-order valence-corrected chi connectivity index (χ2v) is 11.5. The fourth-order valence-electron chi connectivity index (χ4n) is 7.60. The van der Waals surface area contributed by atoms with E-state index < -0.39 is 34.1 Å². The lowest BCUT2D eigenvalue weighted by Gasteiger charge is -2.50. The maximum atomic E-state index is 13.0.